The van der Waals surface area contributed by atoms with Gasteiger partial charge in [0.25, 0.3) is 0 Å². The van der Waals surface area contributed by atoms with Crippen molar-refractivity contribution in [2.45, 2.75) is 19.4 Å². The Morgan fingerprint density at radius 2 is 2.00 bits per heavy atom. The van der Waals surface area contributed by atoms with Crippen LogP contribution in [0.2, 0.25) is 0 Å². The minimum Gasteiger partial charge on any atom is -0.494 e. The van der Waals surface area contributed by atoms with Crippen LogP contribution in [0.3, 0.4) is 0 Å². The smallest absolute Gasteiger partial charge is 0.404 e. The molecule has 0 radical (unpaired) electrons. The molecule has 0 saturated carbocycles. The Morgan fingerprint density at radius 1 is 1.25 bits per heavy atom. The summed E-state index contributed by atoms with van der Waals surface area (Å²) >= 11 is 1.47. The number of unbranched alkanes of at least 4 members (excludes halogenated alkanes) is 1. The molecule has 0 spiro atoms. The Hall–Kier alpha value is -2.12. The lowest BCUT2D eigenvalue weighted by molar-refractivity contribution is 0.151. The minimum absolute atomic E-state index is 0.154. The molecule has 0 fully saturated rings. The zero-order valence-corrected chi connectivity index (χ0v) is 14.8. The number of benzene rings is 1. The molecule has 1 aromatic heterocycles. The topological polar surface area (TPSA) is 77.7 Å². The van der Waals surface area contributed by atoms with Gasteiger partial charge >= 0.3 is 6.09 Å². The summed E-state index contributed by atoms with van der Waals surface area (Å²) in [5.74, 6) is 0.859. The number of hydrogen-bond donors (Lipinski definition) is 1. The van der Waals surface area contributed by atoms with E-state index in [2.05, 4.69) is 24.0 Å². The Labute approximate surface area is 146 Å². The first-order valence-corrected chi connectivity index (χ1v) is 8.61. The molecule has 0 saturated heterocycles. The summed E-state index contributed by atoms with van der Waals surface area (Å²) < 4.78 is 10.5. The highest BCUT2D eigenvalue weighted by atomic mass is 32.1. The Morgan fingerprint density at radius 3 is 2.67 bits per heavy atom. The van der Waals surface area contributed by atoms with E-state index in [-0.39, 0.29) is 6.61 Å². The van der Waals surface area contributed by atoms with Gasteiger partial charge in [0.05, 0.1) is 11.5 Å². The van der Waals surface area contributed by atoms with Crippen LogP contribution < -0.4 is 10.5 Å². The molecule has 7 heteroatoms. The molecule has 130 valence electrons. The van der Waals surface area contributed by atoms with E-state index in [1.165, 1.54) is 11.3 Å². The molecule has 2 aromatic rings. The second-order valence-corrected chi connectivity index (χ2v) is 6.74. The zero-order chi connectivity index (χ0) is 17.4. The highest BCUT2D eigenvalue weighted by Gasteiger charge is 2.06. The maximum Gasteiger partial charge on any atom is 0.404 e. The molecular weight excluding hydrogens is 326 g/mol. The average Bonchev–Trinajstić information content (AvgIpc) is 3.02. The van der Waals surface area contributed by atoms with Crippen molar-refractivity contribution in [3.63, 3.8) is 0 Å². The lowest BCUT2D eigenvalue weighted by Gasteiger charge is -2.10. The van der Waals surface area contributed by atoms with Gasteiger partial charge in [0.1, 0.15) is 17.4 Å². The fourth-order valence-corrected chi connectivity index (χ4v) is 2.89. The SMILES string of the molecule is CN(C)CCCCOc1ccc(-c2ncc(COC(N)=O)s2)cc1. The number of carbonyl (C=O) groups is 1. The number of rotatable bonds is 9. The van der Waals surface area contributed by atoms with Crippen LogP contribution in [0.1, 0.15) is 17.7 Å². The summed E-state index contributed by atoms with van der Waals surface area (Å²) in [6, 6.07) is 7.85. The maximum absolute atomic E-state index is 10.6. The summed E-state index contributed by atoms with van der Waals surface area (Å²) in [5, 5.41) is 0.871. The monoisotopic (exact) mass is 349 g/mol. The molecule has 2 N–H and O–H groups in total. The van der Waals surface area contributed by atoms with E-state index in [1.807, 2.05) is 24.3 Å². The lowest BCUT2D eigenvalue weighted by atomic mass is 10.2. The van der Waals surface area contributed by atoms with Crippen molar-refractivity contribution in [3.8, 4) is 16.3 Å². The van der Waals surface area contributed by atoms with Gasteiger partial charge in [0.2, 0.25) is 0 Å². The number of thiazole rings is 1. The van der Waals surface area contributed by atoms with Crippen molar-refractivity contribution >= 4 is 17.4 Å². The van der Waals surface area contributed by atoms with Crippen LogP contribution in [0, 0.1) is 0 Å². The second-order valence-electron chi connectivity index (χ2n) is 5.62. The molecule has 0 unspecified atom stereocenters. The number of hydrogen-bond acceptors (Lipinski definition) is 6. The maximum atomic E-state index is 10.6. The molecule has 0 aliphatic rings. The van der Waals surface area contributed by atoms with E-state index in [9.17, 15) is 4.79 Å². The van der Waals surface area contributed by atoms with Crippen LogP contribution in [0.15, 0.2) is 30.5 Å². The summed E-state index contributed by atoms with van der Waals surface area (Å²) in [7, 11) is 4.15. The van der Waals surface area contributed by atoms with Crippen LogP contribution in [-0.4, -0.2) is 43.2 Å². The molecule has 1 amide bonds. The second kappa shape index (κ2) is 9.24. The van der Waals surface area contributed by atoms with Gasteiger partial charge in [0.15, 0.2) is 0 Å². The van der Waals surface area contributed by atoms with Crippen LogP contribution in [0.4, 0.5) is 4.79 Å². The average molecular weight is 349 g/mol. The van der Waals surface area contributed by atoms with Gasteiger partial charge in [-0.1, -0.05) is 0 Å². The van der Waals surface area contributed by atoms with E-state index >= 15 is 0 Å². The van der Waals surface area contributed by atoms with Crippen LogP contribution in [-0.2, 0) is 11.3 Å². The van der Waals surface area contributed by atoms with Gasteiger partial charge in [-0.05, 0) is 57.7 Å². The highest BCUT2D eigenvalue weighted by Crippen LogP contribution is 2.27. The van der Waals surface area contributed by atoms with Crippen molar-refractivity contribution < 1.29 is 14.3 Å². The van der Waals surface area contributed by atoms with Crippen LogP contribution in [0.25, 0.3) is 10.6 Å². The van der Waals surface area contributed by atoms with Crippen molar-refractivity contribution in [2.75, 3.05) is 27.2 Å². The normalized spacial score (nSPS) is 10.8. The predicted molar refractivity (Wildman–Crippen MR) is 95.2 cm³/mol. The standard InChI is InChI=1S/C17H23N3O3S/c1-20(2)9-3-4-10-22-14-7-5-13(6-8-14)16-19-11-15(24-16)12-23-17(18)21/h5-8,11H,3-4,9-10,12H2,1-2H3,(H2,18,21). The largest absolute Gasteiger partial charge is 0.494 e. The number of amides is 1. The lowest BCUT2D eigenvalue weighted by Crippen LogP contribution is -2.13. The zero-order valence-electron chi connectivity index (χ0n) is 14.0. The first-order valence-electron chi connectivity index (χ1n) is 7.79. The number of nitrogens with zero attached hydrogens (tertiary/aromatic N) is 2. The van der Waals surface area contributed by atoms with Crippen LogP contribution >= 0.6 is 11.3 Å². The molecule has 6 nitrogen and oxygen atoms in total. The molecule has 1 aromatic carbocycles. The van der Waals surface area contributed by atoms with Crippen molar-refractivity contribution in [1.29, 1.82) is 0 Å². The Kier molecular flexibility index (Phi) is 7.02. The quantitative estimate of drug-likeness (QED) is 0.704. The number of primary amides is 1. The molecule has 0 bridgehead atoms. The van der Waals surface area contributed by atoms with E-state index < -0.39 is 6.09 Å². The van der Waals surface area contributed by atoms with Gasteiger partial charge in [-0.2, -0.15) is 0 Å². The Bertz CT molecular complexity index is 641. The fraction of sp³-hybridized carbons (Fsp3) is 0.412. The first-order chi connectivity index (χ1) is 11.5. The molecule has 2 rings (SSSR count). The predicted octanol–water partition coefficient (Wildman–Crippen LogP) is 3.13. The molecular formula is C17H23N3O3S. The summed E-state index contributed by atoms with van der Waals surface area (Å²) in [5.41, 5.74) is 5.96. The highest BCUT2D eigenvalue weighted by molar-refractivity contribution is 7.15. The molecule has 0 atom stereocenters. The van der Waals surface area contributed by atoms with Crippen molar-refractivity contribution in [1.82, 2.24) is 9.88 Å². The van der Waals surface area contributed by atoms with E-state index in [0.717, 1.165) is 47.2 Å². The number of nitrogens with two attached hydrogens (primary N) is 1. The Balaban J connectivity index is 1.82. The fourth-order valence-electron chi connectivity index (χ4n) is 2.06. The number of aromatic nitrogens is 1. The van der Waals surface area contributed by atoms with E-state index in [1.54, 1.807) is 6.20 Å². The number of carbonyl (C=O) groups excluding carboxylic acids is 1. The number of ether oxygens (including phenoxy) is 2. The van der Waals surface area contributed by atoms with E-state index in [4.69, 9.17) is 15.2 Å². The third-order valence-electron chi connectivity index (χ3n) is 3.28. The van der Waals surface area contributed by atoms with Crippen molar-refractivity contribution in [3.05, 3.63) is 35.3 Å². The summed E-state index contributed by atoms with van der Waals surface area (Å²) in [6.07, 6.45) is 3.07. The first kappa shape index (κ1) is 18.2. The van der Waals surface area contributed by atoms with Gasteiger partial charge in [-0.15, -0.1) is 11.3 Å². The third-order valence-corrected chi connectivity index (χ3v) is 4.30. The molecule has 0 aliphatic carbocycles. The van der Waals surface area contributed by atoms with Gasteiger partial charge < -0.3 is 20.1 Å². The molecule has 0 aliphatic heterocycles. The van der Waals surface area contributed by atoms with Crippen LogP contribution in [0.5, 0.6) is 5.75 Å². The summed E-state index contributed by atoms with van der Waals surface area (Å²) in [6.45, 7) is 1.95. The van der Waals surface area contributed by atoms with Gasteiger partial charge in [-0.25, -0.2) is 9.78 Å². The summed E-state index contributed by atoms with van der Waals surface area (Å²) in [4.78, 5) is 18.0. The molecule has 1 heterocycles. The third kappa shape index (κ3) is 6.17. The minimum atomic E-state index is -0.781. The van der Waals surface area contributed by atoms with Gasteiger partial charge in [0, 0.05) is 11.8 Å². The van der Waals surface area contributed by atoms with E-state index in [0.29, 0.717) is 0 Å². The van der Waals surface area contributed by atoms with Gasteiger partial charge in [-0.3, -0.25) is 0 Å². The molecule has 24 heavy (non-hydrogen) atoms. The van der Waals surface area contributed by atoms with Crippen molar-refractivity contribution in [2.24, 2.45) is 5.73 Å².